The number of aromatic nitrogens is 1. The lowest BCUT2D eigenvalue weighted by Crippen LogP contribution is -2.46. The lowest BCUT2D eigenvalue weighted by molar-refractivity contribution is 0.250. The Morgan fingerprint density at radius 2 is 1.84 bits per heavy atom. The molecule has 1 saturated heterocycles. The molecule has 132 valence electrons. The second kappa shape index (κ2) is 7.53. The highest BCUT2D eigenvalue weighted by molar-refractivity contribution is 6.03. The molecule has 0 saturated carbocycles. The topological polar surface area (TPSA) is 78.0 Å². The predicted octanol–water partition coefficient (Wildman–Crippen LogP) is 2.12. The molecule has 0 bridgehead atoms. The molecule has 1 fully saturated rings. The van der Waals surface area contributed by atoms with Gasteiger partial charge < -0.3 is 15.8 Å². The van der Waals surface area contributed by atoms with Crippen LogP contribution >= 0.6 is 0 Å². The monoisotopic (exact) mass is 339 g/mol. The van der Waals surface area contributed by atoms with Crippen molar-refractivity contribution in [2.75, 3.05) is 31.1 Å². The highest BCUT2D eigenvalue weighted by Crippen LogP contribution is 2.25. The highest BCUT2D eigenvalue weighted by atomic mass is 16.4. The summed E-state index contributed by atoms with van der Waals surface area (Å²) in [6.45, 7) is 8.60. The van der Waals surface area contributed by atoms with Crippen LogP contribution in [0.15, 0.2) is 41.6 Å². The van der Waals surface area contributed by atoms with Gasteiger partial charge in [0.15, 0.2) is 5.84 Å². The van der Waals surface area contributed by atoms with E-state index in [2.05, 4.69) is 44.2 Å². The Morgan fingerprint density at radius 3 is 2.48 bits per heavy atom. The van der Waals surface area contributed by atoms with Crippen LogP contribution in [0.2, 0.25) is 0 Å². The van der Waals surface area contributed by atoms with Gasteiger partial charge in [-0.3, -0.25) is 9.88 Å². The molecule has 0 unspecified atom stereocenters. The van der Waals surface area contributed by atoms with Crippen molar-refractivity contribution in [3.63, 3.8) is 0 Å². The SMILES string of the molecule is Cc1cc(N2CCN(Cc3ccccc3)CC2)c(/C(N)=N/O)c(C)n1. The number of benzene rings is 1. The Kier molecular flexibility index (Phi) is 5.19. The maximum atomic E-state index is 9.12. The van der Waals surface area contributed by atoms with E-state index in [4.69, 9.17) is 10.9 Å². The molecule has 2 heterocycles. The van der Waals surface area contributed by atoms with Gasteiger partial charge in [-0.1, -0.05) is 35.5 Å². The zero-order valence-corrected chi connectivity index (χ0v) is 14.8. The molecule has 1 aliphatic rings. The summed E-state index contributed by atoms with van der Waals surface area (Å²) in [5.74, 6) is 0.117. The van der Waals surface area contributed by atoms with Crippen molar-refractivity contribution < 1.29 is 5.21 Å². The number of hydrogen-bond acceptors (Lipinski definition) is 5. The number of hydrogen-bond donors (Lipinski definition) is 2. The van der Waals surface area contributed by atoms with Crippen LogP contribution in [-0.2, 0) is 6.54 Å². The second-order valence-electron chi connectivity index (χ2n) is 6.48. The first-order valence-electron chi connectivity index (χ1n) is 8.56. The van der Waals surface area contributed by atoms with Gasteiger partial charge in [-0.25, -0.2) is 0 Å². The molecule has 1 aromatic heterocycles. The molecule has 6 nitrogen and oxygen atoms in total. The third-order valence-electron chi connectivity index (χ3n) is 4.63. The third-order valence-corrected chi connectivity index (χ3v) is 4.63. The smallest absolute Gasteiger partial charge is 0.174 e. The molecule has 25 heavy (non-hydrogen) atoms. The van der Waals surface area contributed by atoms with Crippen molar-refractivity contribution in [2.45, 2.75) is 20.4 Å². The van der Waals surface area contributed by atoms with Gasteiger partial charge in [0.1, 0.15) is 0 Å². The average Bonchev–Trinajstić information content (AvgIpc) is 2.62. The summed E-state index contributed by atoms with van der Waals surface area (Å²) in [6.07, 6.45) is 0. The number of pyridine rings is 1. The fourth-order valence-electron chi connectivity index (χ4n) is 3.41. The summed E-state index contributed by atoms with van der Waals surface area (Å²) in [4.78, 5) is 9.22. The molecule has 6 heteroatoms. The Bertz CT molecular complexity index is 752. The van der Waals surface area contributed by atoms with Crippen molar-refractivity contribution in [3.05, 3.63) is 58.9 Å². The summed E-state index contributed by atoms with van der Waals surface area (Å²) in [6, 6.07) is 12.6. The van der Waals surface area contributed by atoms with E-state index < -0.39 is 0 Å². The van der Waals surface area contributed by atoms with E-state index in [1.165, 1.54) is 5.56 Å². The van der Waals surface area contributed by atoms with Crippen LogP contribution in [0.3, 0.4) is 0 Å². The molecular weight excluding hydrogens is 314 g/mol. The highest BCUT2D eigenvalue weighted by Gasteiger charge is 2.22. The van der Waals surface area contributed by atoms with Crippen LogP contribution in [0.1, 0.15) is 22.5 Å². The summed E-state index contributed by atoms with van der Waals surface area (Å²) < 4.78 is 0. The Labute approximate surface area is 148 Å². The number of piperazine rings is 1. The van der Waals surface area contributed by atoms with Crippen molar-refractivity contribution in [1.82, 2.24) is 9.88 Å². The number of anilines is 1. The molecule has 0 radical (unpaired) electrons. The maximum absolute atomic E-state index is 9.12. The summed E-state index contributed by atoms with van der Waals surface area (Å²) in [7, 11) is 0. The second-order valence-corrected chi connectivity index (χ2v) is 6.48. The first kappa shape index (κ1) is 17.2. The van der Waals surface area contributed by atoms with Crippen molar-refractivity contribution in [3.8, 4) is 0 Å². The van der Waals surface area contributed by atoms with Gasteiger partial charge in [0.25, 0.3) is 0 Å². The van der Waals surface area contributed by atoms with Crippen molar-refractivity contribution in [1.29, 1.82) is 0 Å². The van der Waals surface area contributed by atoms with Gasteiger partial charge in [-0.15, -0.1) is 0 Å². The molecular formula is C19H25N5O. The molecule has 0 aliphatic carbocycles. The quantitative estimate of drug-likeness (QED) is 0.386. The van der Waals surface area contributed by atoms with Crippen LogP contribution in [0, 0.1) is 13.8 Å². The fourth-order valence-corrected chi connectivity index (χ4v) is 3.41. The molecule has 0 spiro atoms. The predicted molar refractivity (Wildman–Crippen MR) is 100 cm³/mol. The van der Waals surface area contributed by atoms with Gasteiger partial charge in [-0.2, -0.15) is 0 Å². The molecule has 1 aliphatic heterocycles. The van der Waals surface area contributed by atoms with Crippen LogP contribution in [0.25, 0.3) is 0 Å². The maximum Gasteiger partial charge on any atom is 0.174 e. The van der Waals surface area contributed by atoms with Crippen LogP contribution in [0.4, 0.5) is 5.69 Å². The summed E-state index contributed by atoms with van der Waals surface area (Å²) in [5, 5.41) is 12.3. The molecule has 0 atom stereocenters. The van der Waals surface area contributed by atoms with Crippen LogP contribution < -0.4 is 10.6 Å². The Balaban J connectivity index is 1.75. The molecule has 2 aromatic rings. The first-order valence-corrected chi connectivity index (χ1v) is 8.56. The van der Waals surface area contributed by atoms with Crippen molar-refractivity contribution >= 4 is 11.5 Å². The zero-order valence-electron chi connectivity index (χ0n) is 14.8. The van der Waals surface area contributed by atoms with Crippen LogP contribution in [-0.4, -0.2) is 47.1 Å². The molecule has 0 amide bonds. The number of nitrogens with zero attached hydrogens (tertiary/aromatic N) is 4. The van der Waals surface area contributed by atoms with E-state index in [9.17, 15) is 0 Å². The molecule has 1 aromatic carbocycles. The van der Waals surface area contributed by atoms with Crippen molar-refractivity contribution in [2.24, 2.45) is 10.9 Å². The third kappa shape index (κ3) is 3.91. The largest absolute Gasteiger partial charge is 0.409 e. The van der Waals surface area contributed by atoms with E-state index in [1.807, 2.05) is 26.0 Å². The Hall–Kier alpha value is -2.60. The van der Waals surface area contributed by atoms with Gasteiger partial charge >= 0.3 is 0 Å². The van der Waals surface area contributed by atoms with E-state index in [-0.39, 0.29) is 5.84 Å². The summed E-state index contributed by atoms with van der Waals surface area (Å²) in [5.41, 5.74) is 10.7. The van der Waals surface area contributed by atoms with Gasteiger partial charge in [0.05, 0.1) is 16.9 Å². The van der Waals surface area contributed by atoms with E-state index in [0.29, 0.717) is 0 Å². The number of nitrogens with two attached hydrogens (primary N) is 1. The van der Waals surface area contributed by atoms with E-state index >= 15 is 0 Å². The number of amidine groups is 1. The summed E-state index contributed by atoms with van der Waals surface area (Å²) >= 11 is 0. The number of rotatable bonds is 4. The lowest BCUT2D eigenvalue weighted by atomic mass is 10.1. The van der Waals surface area contributed by atoms with E-state index in [0.717, 1.165) is 55.4 Å². The van der Waals surface area contributed by atoms with E-state index in [1.54, 1.807) is 0 Å². The average molecular weight is 339 g/mol. The standard InChI is InChI=1S/C19H25N5O/c1-14-12-17(18(15(2)21-14)19(20)22-25)24-10-8-23(9-11-24)13-16-6-4-3-5-7-16/h3-7,12,25H,8-11,13H2,1-2H3,(H2,20,22). The lowest BCUT2D eigenvalue weighted by Gasteiger charge is -2.37. The number of oxime groups is 1. The van der Waals surface area contributed by atoms with Gasteiger partial charge in [-0.05, 0) is 25.5 Å². The zero-order chi connectivity index (χ0) is 17.8. The molecule has 3 rings (SSSR count). The minimum Gasteiger partial charge on any atom is -0.409 e. The minimum atomic E-state index is 0.117. The normalized spacial score (nSPS) is 16.2. The first-order chi connectivity index (χ1) is 12.1. The minimum absolute atomic E-state index is 0.117. The molecule has 3 N–H and O–H groups in total. The van der Waals surface area contributed by atoms with Gasteiger partial charge in [0.2, 0.25) is 0 Å². The van der Waals surface area contributed by atoms with Crippen LogP contribution in [0.5, 0.6) is 0 Å². The Morgan fingerprint density at radius 1 is 1.16 bits per heavy atom. The number of aryl methyl sites for hydroxylation is 2. The van der Waals surface area contributed by atoms with Gasteiger partial charge in [0, 0.05) is 38.4 Å². The fraction of sp³-hybridized carbons (Fsp3) is 0.368.